The number of carbonyl (C=O) groups excluding carboxylic acids is 2. The van der Waals surface area contributed by atoms with Crippen LogP contribution in [0.5, 0.6) is 0 Å². The van der Waals surface area contributed by atoms with Crippen LogP contribution < -0.4 is 0 Å². The van der Waals surface area contributed by atoms with Crippen molar-refractivity contribution in [3.63, 3.8) is 0 Å². The standard InChI is InChI=1S/C22H33F3O5/c1-11-7-13-12-8-14(15(9-12)18(26)30-20(2,3)4)17(13)29-16(11)10-21(5,19(27)28-6)22(23,24)25/h11-17H,7-10H2,1-6H3. The molecule has 3 fully saturated rings. The molecule has 172 valence electrons. The maximum atomic E-state index is 13.7. The van der Waals surface area contributed by atoms with Gasteiger partial charge in [-0.3, -0.25) is 9.59 Å². The van der Waals surface area contributed by atoms with Crippen molar-refractivity contribution in [2.24, 2.45) is 35.0 Å². The first-order valence-electron chi connectivity index (χ1n) is 10.7. The lowest BCUT2D eigenvalue weighted by atomic mass is 9.71. The molecule has 0 radical (unpaired) electrons. The average molecular weight is 434 g/mol. The van der Waals surface area contributed by atoms with Gasteiger partial charge in [0.1, 0.15) is 5.60 Å². The van der Waals surface area contributed by atoms with Crippen molar-refractivity contribution >= 4 is 11.9 Å². The van der Waals surface area contributed by atoms with Crippen molar-refractivity contribution in [3.8, 4) is 0 Å². The summed E-state index contributed by atoms with van der Waals surface area (Å²) in [7, 11) is 0.967. The Morgan fingerprint density at radius 1 is 1.03 bits per heavy atom. The van der Waals surface area contributed by atoms with Gasteiger partial charge >= 0.3 is 18.1 Å². The number of carbonyl (C=O) groups is 2. The zero-order chi connectivity index (χ0) is 22.6. The van der Waals surface area contributed by atoms with E-state index in [1.165, 1.54) is 0 Å². The third-order valence-corrected chi connectivity index (χ3v) is 7.29. The molecule has 5 nitrogen and oxygen atoms in total. The van der Waals surface area contributed by atoms with E-state index in [2.05, 4.69) is 4.74 Å². The Kier molecular flexibility index (Phi) is 5.98. The van der Waals surface area contributed by atoms with E-state index in [1.54, 1.807) is 0 Å². The van der Waals surface area contributed by atoms with Crippen LogP contribution in [0.15, 0.2) is 0 Å². The van der Waals surface area contributed by atoms with Gasteiger partial charge in [0.2, 0.25) is 0 Å². The number of fused-ring (bicyclic) bond motifs is 5. The number of halogens is 3. The summed E-state index contributed by atoms with van der Waals surface area (Å²) < 4.78 is 57.5. The normalized spacial score (nSPS) is 38.0. The van der Waals surface area contributed by atoms with Crippen LogP contribution in [0.3, 0.4) is 0 Å². The molecule has 0 spiro atoms. The molecule has 2 saturated carbocycles. The molecule has 8 heteroatoms. The fourth-order valence-electron chi connectivity index (χ4n) is 5.70. The number of methoxy groups -OCH3 is 1. The van der Waals surface area contributed by atoms with Crippen LogP contribution in [0.2, 0.25) is 0 Å². The minimum absolute atomic E-state index is 0.0416. The topological polar surface area (TPSA) is 61.8 Å². The fourth-order valence-corrected chi connectivity index (χ4v) is 5.70. The summed E-state index contributed by atoms with van der Waals surface area (Å²) in [4.78, 5) is 24.7. The second kappa shape index (κ2) is 7.68. The quantitative estimate of drug-likeness (QED) is 0.609. The summed E-state index contributed by atoms with van der Waals surface area (Å²) in [5, 5.41) is 0. The fraction of sp³-hybridized carbons (Fsp3) is 0.909. The summed E-state index contributed by atoms with van der Waals surface area (Å²) in [6, 6.07) is 0. The Balaban J connectivity index is 1.76. The van der Waals surface area contributed by atoms with E-state index >= 15 is 0 Å². The molecular weight excluding hydrogens is 401 g/mol. The molecule has 3 rings (SSSR count). The lowest BCUT2D eigenvalue weighted by Crippen LogP contribution is -2.52. The minimum Gasteiger partial charge on any atom is -0.468 e. The van der Waals surface area contributed by atoms with Crippen LogP contribution in [-0.2, 0) is 23.8 Å². The third-order valence-electron chi connectivity index (χ3n) is 7.29. The largest absolute Gasteiger partial charge is 0.468 e. The lowest BCUT2D eigenvalue weighted by Gasteiger charge is -2.46. The van der Waals surface area contributed by atoms with E-state index in [9.17, 15) is 22.8 Å². The van der Waals surface area contributed by atoms with Gasteiger partial charge in [-0.25, -0.2) is 0 Å². The predicted octanol–water partition coefficient (Wildman–Crippen LogP) is 4.53. The molecule has 1 heterocycles. The molecule has 1 aliphatic heterocycles. The van der Waals surface area contributed by atoms with Gasteiger partial charge in [-0.1, -0.05) is 6.92 Å². The SMILES string of the molecule is COC(=O)C(C)(CC1OC2C(CC1C)C1CC(C(=O)OC(C)(C)C)C2C1)C(F)(F)F. The number of rotatable bonds is 4. The first-order chi connectivity index (χ1) is 13.7. The van der Waals surface area contributed by atoms with Crippen LogP contribution >= 0.6 is 0 Å². The molecule has 2 bridgehead atoms. The second-order valence-electron chi connectivity index (χ2n) is 10.6. The summed E-state index contributed by atoms with van der Waals surface area (Å²) in [5.41, 5.74) is -3.21. The molecule has 0 aromatic rings. The Bertz CT molecular complexity index is 685. The highest BCUT2D eigenvalue weighted by Crippen LogP contribution is 2.58. The molecule has 0 N–H and O–H groups in total. The lowest BCUT2D eigenvalue weighted by molar-refractivity contribution is -0.245. The van der Waals surface area contributed by atoms with E-state index in [0.29, 0.717) is 5.92 Å². The van der Waals surface area contributed by atoms with Crippen molar-refractivity contribution in [2.75, 3.05) is 7.11 Å². The summed E-state index contributed by atoms with van der Waals surface area (Å²) in [6.45, 7) is 8.22. The van der Waals surface area contributed by atoms with E-state index in [0.717, 1.165) is 33.3 Å². The first-order valence-corrected chi connectivity index (χ1v) is 10.7. The van der Waals surface area contributed by atoms with Crippen LogP contribution in [0.4, 0.5) is 13.2 Å². The van der Waals surface area contributed by atoms with Gasteiger partial charge < -0.3 is 14.2 Å². The molecule has 2 aliphatic carbocycles. The van der Waals surface area contributed by atoms with Crippen LogP contribution in [-0.4, -0.2) is 43.0 Å². The Morgan fingerprint density at radius 2 is 1.67 bits per heavy atom. The molecule has 0 aromatic carbocycles. The van der Waals surface area contributed by atoms with E-state index in [4.69, 9.17) is 9.47 Å². The Labute approximate surface area is 176 Å². The number of ether oxygens (including phenoxy) is 3. The summed E-state index contributed by atoms with van der Waals surface area (Å²) in [5.74, 6) is -1.41. The van der Waals surface area contributed by atoms with Gasteiger partial charge in [0.25, 0.3) is 0 Å². The molecule has 0 aromatic heterocycles. The minimum atomic E-state index is -4.74. The van der Waals surface area contributed by atoms with Gasteiger partial charge in [-0.05, 0) is 77.0 Å². The number of hydrogen-bond acceptors (Lipinski definition) is 5. The highest BCUT2D eigenvalue weighted by molar-refractivity contribution is 5.77. The second-order valence-corrected chi connectivity index (χ2v) is 10.6. The Morgan fingerprint density at radius 3 is 2.20 bits per heavy atom. The molecular formula is C22H33F3O5. The zero-order valence-electron chi connectivity index (χ0n) is 18.5. The van der Waals surface area contributed by atoms with Gasteiger partial charge in [-0.2, -0.15) is 13.2 Å². The summed E-state index contributed by atoms with van der Waals surface area (Å²) in [6.07, 6.45) is -3.88. The van der Waals surface area contributed by atoms with Crippen LogP contribution in [0, 0.1) is 35.0 Å². The van der Waals surface area contributed by atoms with Crippen molar-refractivity contribution < 1.29 is 37.0 Å². The molecule has 30 heavy (non-hydrogen) atoms. The highest BCUT2D eigenvalue weighted by Gasteiger charge is 2.62. The van der Waals surface area contributed by atoms with Crippen molar-refractivity contribution in [3.05, 3.63) is 0 Å². The first kappa shape index (κ1) is 23.4. The molecule has 8 atom stereocenters. The Hall–Kier alpha value is -1.31. The highest BCUT2D eigenvalue weighted by atomic mass is 19.4. The van der Waals surface area contributed by atoms with Gasteiger partial charge in [0.05, 0.1) is 25.2 Å². The molecule has 0 amide bonds. The number of alkyl halides is 3. The average Bonchev–Trinajstić information content (AvgIpc) is 3.18. The zero-order valence-corrected chi connectivity index (χ0v) is 18.5. The van der Waals surface area contributed by atoms with Crippen LogP contribution in [0.25, 0.3) is 0 Å². The third kappa shape index (κ3) is 4.08. The van der Waals surface area contributed by atoms with E-state index in [1.807, 2.05) is 27.7 Å². The maximum Gasteiger partial charge on any atom is 0.404 e. The molecule has 1 saturated heterocycles. The summed E-state index contributed by atoms with van der Waals surface area (Å²) >= 11 is 0. The predicted molar refractivity (Wildman–Crippen MR) is 102 cm³/mol. The van der Waals surface area contributed by atoms with Crippen LogP contribution in [0.1, 0.15) is 60.3 Å². The van der Waals surface area contributed by atoms with Crippen molar-refractivity contribution in [1.29, 1.82) is 0 Å². The smallest absolute Gasteiger partial charge is 0.404 e. The maximum absolute atomic E-state index is 13.7. The van der Waals surface area contributed by atoms with Crippen molar-refractivity contribution in [2.45, 2.75) is 84.3 Å². The monoisotopic (exact) mass is 434 g/mol. The number of esters is 2. The number of hydrogen-bond donors (Lipinski definition) is 0. The van der Waals surface area contributed by atoms with Gasteiger partial charge in [-0.15, -0.1) is 0 Å². The van der Waals surface area contributed by atoms with Gasteiger partial charge in [0, 0.05) is 0 Å². The van der Waals surface area contributed by atoms with E-state index < -0.39 is 35.7 Å². The van der Waals surface area contributed by atoms with Crippen molar-refractivity contribution in [1.82, 2.24) is 0 Å². The van der Waals surface area contributed by atoms with Gasteiger partial charge in [0.15, 0.2) is 5.41 Å². The molecule has 8 unspecified atom stereocenters. The van der Waals surface area contributed by atoms with E-state index in [-0.39, 0.29) is 35.7 Å². The molecule has 3 aliphatic rings.